The Morgan fingerprint density at radius 3 is 2.59 bits per heavy atom. The van der Waals surface area contributed by atoms with Gasteiger partial charge in [-0.3, -0.25) is 9.78 Å². The number of hydrogen-bond acceptors (Lipinski definition) is 4. The largest absolute Gasteiger partial charge is 0.368 e. The fourth-order valence-corrected chi connectivity index (χ4v) is 6.13. The fraction of sp³-hybridized carbons (Fsp3) is 0.290. The minimum Gasteiger partial charge on any atom is -0.368 e. The Kier molecular flexibility index (Phi) is 7.18. The highest BCUT2D eigenvalue weighted by molar-refractivity contribution is 6.13. The summed E-state index contributed by atoms with van der Waals surface area (Å²) in [5, 5.41) is 5.71. The van der Waals surface area contributed by atoms with Crippen molar-refractivity contribution in [2.45, 2.75) is 32.6 Å². The van der Waals surface area contributed by atoms with Crippen LogP contribution in [0.4, 0.5) is 5.69 Å². The summed E-state index contributed by atoms with van der Waals surface area (Å²) < 4.78 is 0. The SMILES string of the molecule is CCCCc1c2c(c(-c3cccc4ccncc34)c(N3CCNCC3)c1C(N)=O)-c1ccccc1C2.Cl. The number of fused-ring (bicyclic) bond motifs is 4. The van der Waals surface area contributed by atoms with Crippen LogP contribution in [-0.2, 0) is 12.8 Å². The molecular formula is C31H33ClN4O. The van der Waals surface area contributed by atoms with Crippen LogP contribution < -0.4 is 16.0 Å². The highest BCUT2D eigenvalue weighted by atomic mass is 35.5. The molecule has 1 saturated heterocycles. The summed E-state index contributed by atoms with van der Waals surface area (Å²) in [5.41, 5.74) is 16.5. The number of primary amides is 1. The number of nitrogens with zero attached hydrogens (tertiary/aromatic N) is 2. The lowest BCUT2D eigenvalue weighted by Gasteiger charge is -2.35. The first-order valence-corrected chi connectivity index (χ1v) is 13.1. The van der Waals surface area contributed by atoms with Gasteiger partial charge in [0.15, 0.2) is 0 Å². The van der Waals surface area contributed by atoms with Crippen LogP contribution in [0.5, 0.6) is 0 Å². The Balaban J connectivity index is 0.00000280. The summed E-state index contributed by atoms with van der Waals surface area (Å²) in [4.78, 5) is 20.2. The van der Waals surface area contributed by atoms with Gasteiger partial charge in [0.05, 0.1) is 11.3 Å². The van der Waals surface area contributed by atoms with E-state index in [1.165, 1.54) is 22.3 Å². The zero-order valence-corrected chi connectivity index (χ0v) is 22.0. The molecule has 1 aliphatic carbocycles. The molecule has 3 aromatic carbocycles. The van der Waals surface area contributed by atoms with E-state index in [0.29, 0.717) is 5.56 Å². The molecule has 2 aliphatic rings. The van der Waals surface area contributed by atoms with Crippen molar-refractivity contribution < 1.29 is 4.79 Å². The van der Waals surface area contributed by atoms with Crippen molar-refractivity contribution in [3.05, 3.63) is 83.2 Å². The number of benzene rings is 3. The molecule has 2 heterocycles. The first-order chi connectivity index (χ1) is 17.7. The molecular weight excluding hydrogens is 480 g/mol. The lowest BCUT2D eigenvalue weighted by atomic mass is 9.82. The van der Waals surface area contributed by atoms with Gasteiger partial charge in [0.2, 0.25) is 0 Å². The van der Waals surface area contributed by atoms with Crippen LogP contribution in [0.2, 0.25) is 0 Å². The normalized spacial score (nSPS) is 14.2. The maximum absolute atomic E-state index is 13.3. The molecule has 6 rings (SSSR count). The van der Waals surface area contributed by atoms with Gasteiger partial charge in [-0.1, -0.05) is 55.8 Å². The first-order valence-electron chi connectivity index (χ1n) is 13.1. The molecule has 0 unspecified atom stereocenters. The third-order valence-electron chi connectivity index (χ3n) is 7.76. The first kappa shape index (κ1) is 25.2. The fourth-order valence-electron chi connectivity index (χ4n) is 6.13. The standard InChI is InChI=1S/C31H32N4O.ClH/c1-2-3-9-23-25-18-21-7-4-5-10-22(21)27(25)28(24-11-6-8-20-12-13-34-19-26(20)24)30(29(23)31(32)36)35-16-14-33-15-17-35;/h4-8,10-13,19,33H,2-3,9,14-18H2,1H3,(H2,32,36);1H. The predicted molar refractivity (Wildman–Crippen MR) is 155 cm³/mol. The average Bonchev–Trinajstić information content (AvgIpc) is 3.30. The monoisotopic (exact) mass is 512 g/mol. The number of aromatic nitrogens is 1. The lowest BCUT2D eigenvalue weighted by Crippen LogP contribution is -2.44. The second-order valence-corrected chi connectivity index (χ2v) is 9.87. The summed E-state index contributed by atoms with van der Waals surface area (Å²) >= 11 is 0. The second kappa shape index (κ2) is 10.5. The number of nitrogens with two attached hydrogens (primary N) is 1. The number of piperazine rings is 1. The molecule has 1 aromatic heterocycles. The van der Waals surface area contributed by atoms with E-state index in [2.05, 4.69) is 70.7 Å². The number of carbonyl (C=O) groups is 1. The van der Waals surface area contributed by atoms with Crippen LogP contribution in [0.15, 0.2) is 60.9 Å². The lowest BCUT2D eigenvalue weighted by molar-refractivity contribution is 0.0999. The Morgan fingerprint density at radius 1 is 1.03 bits per heavy atom. The van der Waals surface area contributed by atoms with Gasteiger partial charge in [-0.15, -0.1) is 12.4 Å². The van der Waals surface area contributed by atoms with Crippen molar-refractivity contribution in [2.24, 2.45) is 5.73 Å². The van der Waals surface area contributed by atoms with Gasteiger partial charge in [0.1, 0.15) is 0 Å². The number of anilines is 1. The van der Waals surface area contributed by atoms with Crippen LogP contribution in [0.3, 0.4) is 0 Å². The summed E-state index contributed by atoms with van der Waals surface area (Å²) in [6.07, 6.45) is 7.59. The number of hydrogen-bond donors (Lipinski definition) is 2. The highest BCUT2D eigenvalue weighted by Gasteiger charge is 2.34. The molecule has 0 saturated carbocycles. The van der Waals surface area contributed by atoms with E-state index in [4.69, 9.17) is 5.73 Å². The number of halogens is 1. The number of pyridine rings is 1. The zero-order chi connectivity index (χ0) is 24.6. The van der Waals surface area contributed by atoms with Gasteiger partial charge in [0.25, 0.3) is 5.91 Å². The molecule has 0 spiro atoms. The summed E-state index contributed by atoms with van der Waals surface area (Å²) in [5.74, 6) is -0.326. The molecule has 190 valence electrons. The Bertz CT molecular complexity index is 1470. The molecule has 0 radical (unpaired) electrons. The van der Waals surface area contributed by atoms with E-state index in [-0.39, 0.29) is 18.3 Å². The van der Waals surface area contributed by atoms with Crippen molar-refractivity contribution >= 4 is 34.8 Å². The van der Waals surface area contributed by atoms with E-state index in [1.54, 1.807) is 0 Å². The van der Waals surface area contributed by atoms with Gasteiger partial charge < -0.3 is 16.0 Å². The van der Waals surface area contributed by atoms with Gasteiger partial charge in [-0.2, -0.15) is 0 Å². The number of nitrogens with one attached hydrogen (secondary N) is 1. The van der Waals surface area contributed by atoms with Gasteiger partial charge >= 0.3 is 0 Å². The predicted octanol–water partition coefficient (Wildman–Crippen LogP) is 5.75. The van der Waals surface area contributed by atoms with Gasteiger partial charge in [-0.25, -0.2) is 0 Å². The molecule has 1 aliphatic heterocycles. The maximum atomic E-state index is 13.3. The van der Waals surface area contributed by atoms with Crippen LogP contribution >= 0.6 is 12.4 Å². The molecule has 37 heavy (non-hydrogen) atoms. The quantitative estimate of drug-likeness (QED) is 0.304. The molecule has 1 amide bonds. The number of amides is 1. The molecule has 0 bridgehead atoms. The second-order valence-electron chi connectivity index (χ2n) is 9.87. The Labute approximate surface area is 224 Å². The van der Waals surface area contributed by atoms with Crippen molar-refractivity contribution in [2.75, 3.05) is 31.1 Å². The van der Waals surface area contributed by atoms with Crippen molar-refractivity contribution in [3.8, 4) is 22.3 Å². The van der Waals surface area contributed by atoms with Crippen LogP contribution in [0, 0.1) is 0 Å². The highest BCUT2D eigenvalue weighted by Crippen LogP contribution is 2.52. The molecule has 5 nitrogen and oxygen atoms in total. The maximum Gasteiger partial charge on any atom is 0.251 e. The van der Waals surface area contributed by atoms with E-state index in [9.17, 15) is 4.79 Å². The number of rotatable bonds is 6. The molecule has 4 aromatic rings. The number of unbranched alkanes of at least 4 members (excludes halogenated alkanes) is 1. The van der Waals surface area contributed by atoms with Gasteiger partial charge in [-0.05, 0) is 64.1 Å². The average molecular weight is 513 g/mol. The van der Waals surface area contributed by atoms with E-state index < -0.39 is 0 Å². The third-order valence-corrected chi connectivity index (χ3v) is 7.76. The van der Waals surface area contributed by atoms with Crippen LogP contribution in [0.25, 0.3) is 33.0 Å². The van der Waals surface area contributed by atoms with Crippen molar-refractivity contribution in [3.63, 3.8) is 0 Å². The van der Waals surface area contributed by atoms with Crippen LogP contribution in [-0.4, -0.2) is 37.1 Å². The van der Waals surface area contributed by atoms with E-state index in [1.807, 2.05) is 12.4 Å². The molecule has 6 heteroatoms. The minimum atomic E-state index is -0.326. The minimum absolute atomic E-state index is 0. The molecule has 3 N–H and O–H groups in total. The van der Waals surface area contributed by atoms with Gasteiger partial charge in [0, 0.05) is 49.5 Å². The smallest absolute Gasteiger partial charge is 0.251 e. The number of carbonyl (C=O) groups excluding carboxylic acids is 1. The summed E-state index contributed by atoms with van der Waals surface area (Å²) in [6, 6.07) is 17.2. The van der Waals surface area contributed by atoms with Crippen LogP contribution in [0.1, 0.15) is 46.8 Å². The summed E-state index contributed by atoms with van der Waals surface area (Å²) in [6.45, 7) is 5.64. The topological polar surface area (TPSA) is 71.2 Å². The van der Waals surface area contributed by atoms with Crippen molar-refractivity contribution in [1.29, 1.82) is 0 Å². The van der Waals surface area contributed by atoms with Crippen molar-refractivity contribution in [1.82, 2.24) is 10.3 Å². The third kappa shape index (κ3) is 4.26. The zero-order valence-electron chi connectivity index (χ0n) is 21.2. The molecule has 1 fully saturated rings. The molecule has 0 atom stereocenters. The Morgan fingerprint density at radius 2 is 1.81 bits per heavy atom. The Hall–Kier alpha value is -3.41. The van der Waals surface area contributed by atoms with E-state index in [0.717, 1.165) is 85.0 Å². The summed E-state index contributed by atoms with van der Waals surface area (Å²) in [7, 11) is 0. The van der Waals surface area contributed by atoms with E-state index >= 15 is 0 Å².